The van der Waals surface area contributed by atoms with Crippen LogP contribution in [0.15, 0.2) is 24.3 Å². The van der Waals surface area contributed by atoms with Crippen LogP contribution in [0.4, 0.5) is 10.5 Å². The van der Waals surface area contributed by atoms with E-state index in [0.717, 1.165) is 44.9 Å². The summed E-state index contributed by atoms with van der Waals surface area (Å²) >= 11 is 0. The Morgan fingerprint density at radius 3 is 2.41 bits per heavy atom. The third-order valence-electron chi connectivity index (χ3n) is 5.87. The van der Waals surface area contributed by atoms with E-state index in [0.29, 0.717) is 6.10 Å². The van der Waals surface area contributed by atoms with Crippen molar-refractivity contribution in [3.8, 4) is 0 Å². The monoisotopic (exact) mass is 423 g/mol. The van der Waals surface area contributed by atoms with Crippen molar-refractivity contribution in [3.63, 3.8) is 0 Å². The number of ether oxygens (including phenoxy) is 1. The van der Waals surface area contributed by atoms with Crippen molar-refractivity contribution in [2.24, 2.45) is 0 Å². The zero-order valence-corrected chi connectivity index (χ0v) is 18.5. The van der Waals surface area contributed by atoms with Gasteiger partial charge in [-0.15, -0.1) is 12.4 Å². The standard InChI is InChI=1S/C23H37N3O2.ClH/c27-23(26-17-15-24-16-18-26)25-21-13-11-20(12-14-21)8-4-1-2-7-19-28-22-9-5-3-6-10-22;/h11-14,22,24H,1-10,15-19H2,(H,25,27);1H. The highest BCUT2D eigenvalue weighted by atomic mass is 35.5. The Labute approximate surface area is 182 Å². The number of urea groups is 1. The highest BCUT2D eigenvalue weighted by Gasteiger charge is 2.16. The molecule has 29 heavy (non-hydrogen) atoms. The van der Waals surface area contributed by atoms with Gasteiger partial charge in [0.1, 0.15) is 0 Å². The number of halogens is 1. The van der Waals surface area contributed by atoms with Gasteiger partial charge in [-0.05, 0) is 49.8 Å². The second kappa shape index (κ2) is 13.8. The van der Waals surface area contributed by atoms with Crippen LogP contribution in [-0.4, -0.2) is 49.8 Å². The second-order valence-electron chi connectivity index (χ2n) is 8.16. The predicted molar refractivity (Wildman–Crippen MR) is 122 cm³/mol. The molecular weight excluding hydrogens is 386 g/mol. The summed E-state index contributed by atoms with van der Waals surface area (Å²) in [6.45, 7) is 4.23. The van der Waals surface area contributed by atoms with Crippen molar-refractivity contribution in [1.29, 1.82) is 0 Å². The van der Waals surface area contributed by atoms with E-state index in [4.69, 9.17) is 4.74 Å². The van der Waals surface area contributed by atoms with Crippen molar-refractivity contribution in [2.75, 3.05) is 38.1 Å². The summed E-state index contributed by atoms with van der Waals surface area (Å²) in [5, 5.41) is 6.26. The summed E-state index contributed by atoms with van der Waals surface area (Å²) in [7, 11) is 0. The number of nitrogens with one attached hydrogen (secondary N) is 2. The minimum absolute atomic E-state index is 0. The van der Waals surface area contributed by atoms with Gasteiger partial charge in [0.15, 0.2) is 0 Å². The van der Waals surface area contributed by atoms with Gasteiger partial charge < -0.3 is 20.3 Å². The molecule has 164 valence electrons. The normalized spacial score (nSPS) is 17.6. The lowest BCUT2D eigenvalue weighted by atomic mass is 9.98. The van der Waals surface area contributed by atoms with E-state index in [1.54, 1.807) is 0 Å². The summed E-state index contributed by atoms with van der Waals surface area (Å²) in [5.41, 5.74) is 2.23. The Balaban J connectivity index is 0.00000300. The van der Waals surface area contributed by atoms with Crippen LogP contribution in [0.2, 0.25) is 0 Å². The third kappa shape index (κ3) is 8.93. The molecule has 1 saturated heterocycles. The molecule has 0 unspecified atom stereocenters. The Morgan fingerprint density at radius 2 is 1.69 bits per heavy atom. The average molecular weight is 424 g/mol. The first-order chi connectivity index (χ1) is 13.8. The largest absolute Gasteiger partial charge is 0.378 e. The number of carbonyl (C=O) groups excluding carboxylic acids is 1. The van der Waals surface area contributed by atoms with E-state index in [-0.39, 0.29) is 18.4 Å². The molecule has 0 radical (unpaired) electrons. The number of piperazine rings is 1. The maximum atomic E-state index is 12.2. The number of anilines is 1. The van der Waals surface area contributed by atoms with Gasteiger partial charge in [0.25, 0.3) is 0 Å². The first-order valence-electron chi connectivity index (χ1n) is 11.3. The van der Waals surface area contributed by atoms with Crippen LogP contribution in [0.5, 0.6) is 0 Å². The molecule has 2 amide bonds. The molecule has 0 bridgehead atoms. The maximum absolute atomic E-state index is 12.2. The fraction of sp³-hybridized carbons (Fsp3) is 0.696. The quantitative estimate of drug-likeness (QED) is 0.549. The second-order valence-corrected chi connectivity index (χ2v) is 8.16. The molecule has 1 aromatic carbocycles. The molecule has 1 aliphatic carbocycles. The topological polar surface area (TPSA) is 53.6 Å². The molecule has 1 saturated carbocycles. The Morgan fingerprint density at radius 1 is 1.00 bits per heavy atom. The van der Waals surface area contributed by atoms with Gasteiger partial charge in [-0.3, -0.25) is 0 Å². The minimum atomic E-state index is 0. The smallest absolute Gasteiger partial charge is 0.321 e. The summed E-state index contributed by atoms with van der Waals surface area (Å²) < 4.78 is 5.99. The van der Waals surface area contributed by atoms with Gasteiger partial charge in [0.05, 0.1) is 6.10 Å². The fourth-order valence-corrected chi connectivity index (χ4v) is 4.09. The number of hydrogen-bond donors (Lipinski definition) is 2. The van der Waals surface area contributed by atoms with Gasteiger partial charge in [-0.25, -0.2) is 4.79 Å². The molecule has 1 aliphatic heterocycles. The van der Waals surface area contributed by atoms with Crippen LogP contribution in [-0.2, 0) is 11.2 Å². The van der Waals surface area contributed by atoms with E-state index in [1.807, 2.05) is 17.0 Å². The molecule has 3 rings (SSSR count). The van der Waals surface area contributed by atoms with E-state index < -0.39 is 0 Å². The molecule has 0 aromatic heterocycles. The number of aryl methyl sites for hydroxylation is 1. The van der Waals surface area contributed by atoms with Crippen LogP contribution in [0.3, 0.4) is 0 Å². The number of carbonyl (C=O) groups is 1. The Kier molecular flexibility index (Phi) is 11.4. The number of benzene rings is 1. The summed E-state index contributed by atoms with van der Waals surface area (Å²) in [4.78, 5) is 14.1. The molecule has 6 heteroatoms. The van der Waals surface area contributed by atoms with Crippen molar-refractivity contribution in [3.05, 3.63) is 29.8 Å². The lowest BCUT2D eigenvalue weighted by molar-refractivity contribution is 0.0263. The number of hydrogen-bond acceptors (Lipinski definition) is 3. The minimum Gasteiger partial charge on any atom is -0.378 e. The Bertz CT molecular complexity index is 570. The maximum Gasteiger partial charge on any atom is 0.321 e. The van der Waals surface area contributed by atoms with Gasteiger partial charge in [0, 0.05) is 38.5 Å². The van der Waals surface area contributed by atoms with Gasteiger partial charge in [-0.2, -0.15) is 0 Å². The summed E-state index contributed by atoms with van der Waals surface area (Å²) in [5.74, 6) is 0. The number of rotatable bonds is 9. The molecule has 2 N–H and O–H groups in total. The van der Waals surface area contributed by atoms with E-state index in [9.17, 15) is 4.79 Å². The molecule has 1 heterocycles. The van der Waals surface area contributed by atoms with Crippen molar-refractivity contribution < 1.29 is 9.53 Å². The molecular formula is C23H38ClN3O2. The SMILES string of the molecule is Cl.O=C(Nc1ccc(CCCCCCOC2CCCCC2)cc1)N1CCNCC1. The highest BCUT2D eigenvalue weighted by Crippen LogP contribution is 2.20. The summed E-state index contributed by atoms with van der Waals surface area (Å²) in [6, 6.07) is 8.32. The van der Waals surface area contributed by atoms with E-state index in [1.165, 1.54) is 63.4 Å². The number of amides is 2. The van der Waals surface area contributed by atoms with Crippen molar-refractivity contribution in [1.82, 2.24) is 10.2 Å². The Hall–Kier alpha value is -1.30. The molecule has 2 aliphatic rings. The van der Waals surface area contributed by atoms with E-state index >= 15 is 0 Å². The summed E-state index contributed by atoms with van der Waals surface area (Å²) in [6.07, 6.45) is 13.2. The fourth-order valence-electron chi connectivity index (χ4n) is 4.09. The van der Waals surface area contributed by atoms with Crippen molar-refractivity contribution >= 4 is 24.1 Å². The highest BCUT2D eigenvalue weighted by molar-refractivity contribution is 5.89. The third-order valence-corrected chi connectivity index (χ3v) is 5.87. The van der Waals surface area contributed by atoms with Gasteiger partial charge >= 0.3 is 6.03 Å². The average Bonchev–Trinajstić information content (AvgIpc) is 2.75. The molecule has 0 atom stereocenters. The molecule has 2 fully saturated rings. The van der Waals surface area contributed by atoms with Crippen LogP contribution in [0.25, 0.3) is 0 Å². The van der Waals surface area contributed by atoms with Crippen LogP contribution in [0.1, 0.15) is 63.4 Å². The first kappa shape index (κ1) is 24.0. The van der Waals surface area contributed by atoms with Crippen molar-refractivity contribution in [2.45, 2.75) is 70.3 Å². The lowest BCUT2D eigenvalue weighted by Crippen LogP contribution is -2.48. The van der Waals surface area contributed by atoms with Gasteiger partial charge in [0.2, 0.25) is 0 Å². The molecule has 1 aromatic rings. The molecule has 0 spiro atoms. The first-order valence-corrected chi connectivity index (χ1v) is 11.3. The predicted octanol–water partition coefficient (Wildman–Crippen LogP) is 5.00. The zero-order valence-electron chi connectivity index (χ0n) is 17.7. The van der Waals surface area contributed by atoms with Crippen LogP contribution in [0, 0.1) is 0 Å². The molecule has 5 nitrogen and oxygen atoms in total. The van der Waals surface area contributed by atoms with E-state index in [2.05, 4.69) is 22.8 Å². The zero-order chi connectivity index (χ0) is 19.4. The number of nitrogens with zero attached hydrogens (tertiary/aromatic N) is 1. The van der Waals surface area contributed by atoms with Crippen LogP contribution >= 0.6 is 12.4 Å². The lowest BCUT2D eigenvalue weighted by Gasteiger charge is -2.27. The number of unbranched alkanes of at least 4 members (excludes halogenated alkanes) is 3. The van der Waals surface area contributed by atoms with Gasteiger partial charge in [-0.1, -0.05) is 44.2 Å². The van der Waals surface area contributed by atoms with Crippen LogP contribution < -0.4 is 10.6 Å².